The number of anilines is 1. The Morgan fingerprint density at radius 1 is 1.27 bits per heavy atom. The topological polar surface area (TPSA) is 73.7 Å². The number of hydrogen-bond donors (Lipinski definition) is 1. The summed E-state index contributed by atoms with van der Waals surface area (Å²) in [7, 11) is 0. The van der Waals surface area contributed by atoms with Crippen LogP contribution in [-0.4, -0.2) is 50.5 Å². The molecule has 2 aliphatic rings. The first-order chi connectivity index (χ1) is 12.2. The number of amides is 1. The molecule has 6 heteroatoms. The fraction of sp³-hybridized carbons (Fsp3) is 0.550. The lowest BCUT2D eigenvalue weighted by Crippen LogP contribution is -2.57. The third-order valence-corrected chi connectivity index (χ3v) is 5.48. The van der Waals surface area contributed by atoms with Gasteiger partial charge in [-0.1, -0.05) is 6.58 Å². The highest BCUT2D eigenvalue weighted by atomic mass is 16.4. The van der Waals surface area contributed by atoms with Gasteiger partial charge in [-0.3, -0.25) is 4.79 Å². The average Bonchev–Trinajstić information content (AvgIpc) is 2.83. The van der Waals surface area contributed by atoms with E-state index in [1.54, 1.807) is 17.2 Å². The quantitative estimate of drug-likeness (QED) is 0.656. The maximum atomic E-state index is 11.8. The number of piperidine rings is 1. The third-order valence-electron chi connectivity index (χ3n) is 5.48. The number of carbonyl (C=O) groups excluding carboxylic acids is 1. The molecular formula is C20H27N3O3. The number of nitrogens with zero attached hydrogens (tertiary/aromatic N) is 3. The second-order valence-corrected chi connectivity index (χ2v) is 8.21. The zero-order chi connectivity index (χ0) is 19.1. The molecule has 0 aromatic carbocycles. The molecule has 1 aromatic heterocycles. The van der Waals surface area contributed by atoms with E-state index in [0.717, 1.165) is 31.5 Å². The Morgan fingerprint density at radius 3 is 2.31 bits per heavy atom. The third kappa shape index (κ3) is 3.32. The van der Waals surface area contributed by atoms with Crippen molar-refractivity contribution in [1.29, 1.82) is 0 Å². The summed E-state index contributed by atoms with van der Waals surface area (Å²) in [5.74, 6) is 0.738. The number of rotatable bonds is 4. The van der Waals surface area contributed by atoms with E-state index in [1.807, 2.05) is 26.8 Å². The summed E-state index contributed by atoms with van der Waals surface area (Å²) in [6.07, 6.45) is 5.77. The highest BCUT2D eigenvalue weighted by Gasteiger charge is 2.46. The molecule has 0 radical (unpaired) electrons. The van der Waals surface area contributed by atoms with Crippen molar-refractivity contribution in [3.8, 4) is 0 Å². The lowest BCUT2D eigenvalue weighted by atomic mass is 9.92. The lowest BCUT2D eigenvalue weighted by Gasteiger charge is -2.47. The first kappa shape index (κ1) is 18.4. The van der Waals surface area contributed by atoms with E-state index in [4.69, 9.17) is 0 Å². The summed E-state index contributed by atoms with van der Waals surface area (Å²) >= 11 is 0. The Morgan fingerprint density at radius 2 is 1.88 bits per heavy atom. The number of fused-ring (bicyclic) bond motifs is 2. The van der Waals surface area contributed by atoms with Gasteiger partial charge < -0.3 is 14.9 Å². The number of aromatic nitrogens is 1. The first-order valence-corrected chi connectivity index (χ1v) is 9.15. The Kier molecular flexibility index (Phi) is 4.78. The van der Waals surface area contributed by atoms with Gasteiger partial charge in [0, 0.05) is 35.4 Å². The second-order valence-electron chi connectivity index (χ2n) is 8.21. The van der Waals surface area contributed by atoms with Crippen molar-refractivity contribution < 1.29 is 14.7 Å². The fourth-order valence-corrected chi connectivity index (χ4v) is 4.53. The maximum absolute atomic E-state index is 11.8. The minimum absolute atomic E-state index is 0.0304. The van der Waals surface area contributed by atoms with Crippen LogP contribution in [0.15, 0.2) is 31.0 Å². The van der Waals surface area contributed by atoms with Crippen LogP contribution in [0.1, 0.15) is 56.8 Å². The van der Waals surface area contributed by atoms with Crippen LogP contribution < -0.4 is 4.90 Å². The summed E-state index contributed by atoms with van der Waals surface area (Å²) in [4.78, 5) is 31.9. The van der Waals surface area contributed by atoms with E-state index in [9.17, 15) is 14.7 Å². The summed E-state index contributed by atoms with van der Waals surface area (Å²) in [5.41, 5.74) is 0.124. The van der Waals surface area contributed by atoms with Crippen LogP contribution in [0.4, 0.5) is 10.6 Å². The monoisotopic (exact) mass is 357 g/mol. The Balaban J connectivity index is 1.80. The van der Waals surface area contributed by atoms with Crippen molar-refractivity contribution >= 4 is 17.7 Å². The highest BCUT2D eigenvalue weighted by Crippen LogP contribution is 2.41. The predicted octanol–water partition coefficient (Wildman–Crippen LogP) is 3.73. The zero-order valence-corrected chi connectivity index (χ0v) is 15.7. The number of ketones is 1. The minimum Gasteiger partial charge on any atom is -0.465 e. The van der Waals surface area contributed by atoms with Crippen LogP contribution in [0.3, 0.4) is 0 Å². The molecule has 3 atom stereocenters. The van der Waals surface area contributed by atoms with E-state index in [1.165, 1.54) is 6.08 Å². The fourth-order valence-electron chi connectivity index (χ4n) is 4.53. The summed E-state index contributed by atoms with van der Waals surface area (Å²) < 4.78 is 0. The van der Waals surface area contributed by atoms with Gasteiger partial charge in [0.15, 0.2) is 5.78 Å². The molecule has 2 fully saturated rings. The van der Waals surface area contributed by atoms with E-state index in [0.29, 0.717) is 5.56 Å². The van der Waals surface area contributed by atoms with Gasteiger partial charge in [0.1, 0.15) is 5.82 Å². The smallest absolute Gasteiger partial charge is 0.407 e. The average molecular weight is 357 g/mol. The summed E-state index contributed by atoms with van der Waals surface area (Å²) in [6.45, 7) is 9.35. The van der Waals surface area contributed by atoms with Crippen LogP contribution in [0.25, 0.3) is 0 Å². The largest absolute Gasteiger partial charge is 0.465 e. The van der Waals surface area contributed by atoms with E-state index in [-0.39, 0.29) is 23.9 Å². The van der Waals surface area contributed by atoms with Gasteiger partial charge in [-0.05, 0) is 64.7 Å². The standard InChI is InChI=1S/C20H27N3O3/c1-5-17(24)13-6-9-18(21-12-13)22-14-7-8-15(22)11-16(10-14)23(19(25)26)20(2,3)4/h5-6,9,12,14-16H,1,7-8,10-11H2,2-4H3,(H,25,26)/t14-,15+,16?. The number of pyridine rings is 1. The molecule has 1 aromatic rings. The maximum Gasteiger partial charge on any atom is 0.407 e. The normalized spacial score (nSPS) is 25.0. The first-order valence-electron chi connectivity index (χ1n) is 9.15. The van der Waals surface area contributed by atoms with Gasteiger partial charge in [0.2, 0.25) is 0 Å². The SMILES string of the molecule is C=CC(=O)c1ccc(N2[C@@H]3CC[C@H]2CC(N(C(=O)O)C(C)(C)C)C3)nc1. The highest BCUT2D eigenvalue weighted by molar-refractivity contribution is 6.03. The molecule has 0 aliphatic carbocycles. The van der Waals surface area contributed by atoms with Gasteiger partial charge in [0.05, 0.1) is 0 Å². The molecule has 2 saturated heterocycles. The lowest BCUT2D eigenvalue weighted by molar-refractivity contribution is 0.0558. The molecule has 0 spiro atoms. The van der Waals surface area contributed by atoms with E-state index >= 15 is 0 Å². The Hall–Kier alpha value is -2.37. The Labute approximate surface area is 154 Å². The molecule has 3 rings (SSSR count). The molecule has 2 bridgehead atoms. The summed E-state index contributed by atoms with van der Waals surface area (Å²) in [6, 6.07) is 4.29. The molecule has 0 saturated carbocycles. The van der Waals surface area contributed by atoms with Crippen LogP contribution in [0, 0.1) is 0 Å². The van der Waals surface area contributed by atoms with Gasteiger partial charge in [-0.25, -0.2) is 9.78 Å². The molecule has 1 N–H and O–H groups in total. The van der Waals surface area contributed by atoms with Crippen LogP contribution >= 0.6 is 0 Å². The molecular weight excluding hydrogens is 330 g/mol. The molecule has 26 heavy (non-hydrogen) atoms. The Bertz CT molecular complexity index is 694. The van der Waals surface area contributed by atoms with Crippen molar-refractivity contribution in [2.24, 2.45) is 0 Å². The van der Waals surface area contributed by atoms with Crippen molar-refractivity contribution in [3.05, 3.63) is 36.5 Å². The molecule has 1 unspecified atom stereocenters. The van der Waals surface area contributed by atoms with Gasteiger partial charge >= 0.3 is 6.09 Å². The number of carbonyl (C=O) groups is 2. The molecule has 1 amide bonds. The van der Waals surface area contributed by atoms with Crippen molar-refractivity contribution in [2.45, 2.75) is 70.1 Å². The van der Waals surface area contributed by atoms with E-state index in [2.05, 4.69) is 16.5 Å². The van der Waals surface area contributed by atoms with E-state index < -0.39 is 11.6 Å². The van der Waals surface area contributed by atoms with Gasteiger partial charge in [0.25, 0.3) is 0 Å². The van der Waals surface area contributed by atoms with Crippen molar-refractivity contribution in [1.82, 2.24) is 9.88 Å². The molecule has 2 aliphatic heterocycles. The van der Waals surface area contributed by atoms with Crippen LogP contribution in [-0.2, 0) is 0 Å². The minimum atomic E-state index is -0.847. The van der Waals surface area contributed by atoms with Crippen molar-refractivity contribution in [3.63, 3.8) is 0 Å². The number of carboxylic acid groups (broad SMARTS) is 1. The predicted molar refractivity (Wildman–Crippen MR) is 101 cm³/mol. The molecule has 3 heterocycles. The number of hydrogen-bond acceptors (Lipinski definition) is 4. The van der Waals surface area contributed by atoms with Gasteiger partial charge in [-0.2, -0.15) is 0 Å². The summed E-state index contributed by atoms with van der Waals surface area (Å²) in [5, 5.41) is 9.70. The van der Waals surface area contributed by atoms with Crippen LogP contribution in [0.5, 0.6) is 0 Å². The molecule has 140 valence electrons. The van der Waals surface area contributed by atoms with Crippen molar-refractivity contribution in [2.75, 3.05) is 4.90 Å². The second kappa shape index (κ2) is 6.74. The zero-order valence-electron chi connectivity index (χ0n) is 15.7. The van der Waals surface area contributed by atoms with Crippen LogP contribution in [0.2, 0.25) is 0 Å². The molecule has 6 nitrogen and oxygen atoms in total. The number of allylic oxidation sites excluding steroid dienone is 1. The van der Waals surface area contributed by atoms with Gasteiger partial charge in [-0.15, -0.1) is 0 Å².